The number of fused-ring (bicyclic) bond motifs is 1. The third-order valence-electron chi connectivity index (χ3n) is 3.71. The average Bonchev–Trinajstić information content (AvgIpc) is 2.54. The molecule has 0 bridgehead atoms. The van der Waals surface area contributed by atoms with Crippen LogP contribution in [0.1, 0.15) is 44.7 Å². The van der Waals surface area contributed by atoms with E-state index in [9.17, 15) is 9.90 Å². The number of carbonyl (C=O) groups is 1. The molecule has 0 saturated heterocycles. The minimum atomic E-state index is -0.870. The number of carbonyl (C=O) groups excluding carboxylic acids is 1. The topological polar surface area (TPSA) is 91.6 Å². The molecule has 136 valence electrons. The molecule has 0 aliphatic carbocycles. The minimum absolute atomic E-state index is 0. The van der Waals surface area contributed by atoms with Gasteiger partial charge in [-0.25, -0.2) is 0 Å². The monoisotopic (exact) mass is 366 g/mol. The molecule has 7 heteroatoms. The smallest absolute Gasteiger partial charge is 0.305 e. The third kappa shape index (κ3) is 4.80. The van der Waals surface area contributed by atoms with Crippen molar-refractivity contribution in [1.82, 2.24) is 5.32 Å². The summed E-state index contributed by atoms with van der Waals surface area (Å²) in [6.07, 6.45) is 0.879. The van der Waals surface area contributed by atoms with Gasteiger partial charge in [0.1, 0.15) is 5.75 Å². The normalized spacial score (nSPS) is 14.5. The molecule has 0 aromatic heterocycles. The molecule has 0 amide bonds. The summed E-state index contributed by atoms with van der Waals surface area (Å²) < 4.78 is 10.7. The predicted molar refractivity (Wildman–Crippen MR) is 96.5 cm³/mol. The minimum Gasteiger partial charge on any atom is -0.506 e. The Morgan fingerprint density at radius 3 is 2.80 bits per heavy atom. The largest absolute Gasteiger partial charge is 0.506 e. The van der Waals surface area contributed by atoms with Crippen LogP contribution in [0.15, 0.2) is 24.0 Å². The van der Waals surface area contributed by atoms with Crippen molar-refractivity contribution in [3.8, 4) is 11.8 Å². The van der Waals surface area contributed by atoms with Gasteiger partial charge < -0.3 is 19.9 Å². The van der Waals surface area contributed by atoms with Crippen LogP contribution in [0.25, 0.3) is 5.70 Å². The molecule has 6 nitrogen and oxygen atoms in total. The van der Waals surface area contributed by atoms with Crippen molar-refractivity contribution in [2.45, 2.75) is 39.2 Å². The molecule has 1 heterocycles. The Hall–Kier alpha value is -2.39. The van der Waals surface area contributed by atoms with Crippen molar-refractivity contribution in [3.05, 3.63) is 35.1 Å². The number of nitriles is 1. The summed E-state index contributed by atoms with van der Waals surface area (Å²) in [5.74, 6) is 0.433. The molecular formula is C18H23ClN2O4. The highest BCUT2D eigenvalue weighted by molar-refractivity contribution is 5.85. The fourth-order valence-corrected chi connectivity index (χ4v) is 2.49. The number of aliphatic hydroxyl groups is 1. The van der Waals surface area contributed by atoms with E-state index in [-0.39, 0.29) is 24.1 Å². The molecule has 1 aromatic carbocycles. The van der Waals surface area contributed by atoms with Gasteiger partial charge in [0.2, 0.25) is 0 Å². The van der Waals surface area contributed by atoms with E-state index in [0.717, 1.165) is 0 Å². The first kappa shape index (κ1) is 20.7. The fourth-order valence-electron chi connectivity index (χ4n) is 2.49. The van der Waals surface area contributed by atoms with Gasteiger partial charge >= 0.3 is 5.97 Å². The maximum Gasteiger partial charge on any atom is 0.305 e. The van der Waals surface area contributed by atoms with E-state index in [4.69, 9.17) is 14.7 Å². The SMILES string of the molecule is CCOC(=O)CCCNC1=C(O)C(C)(C)Oc2ccc(C#N)cc21.Cl. The van der Waals surface area contributed by atoms with Crippen LogP contribution in [-0.2, 0) is 9.53 Å². The first-order valence-electron chi connectivity index (χ1n) is 7.95. The van der Waals surface area contributed by atoms with Crippen LogP contribution < -0.4 is 10.1 Å². The molecule has 0 atom stereocenters. The number of rotatable bonds is 6. The number of hydrogen-bond donors (Lipinski definition) is 2. The lowest BCUT2D eigenvalue weighted by Gasteiger charge is -2.34. The van der Waals surface area contributed by atoms with Crippen LogP contribution in [0.2, 0.25) is 0 Å². The summed E-state index contributed by atoms with van der Waals surface area (Å²) in [6.45, 7) is 6.17. The molecule has 0 radical (unpaired) electrons. The molecule has 1 aliphatic rings. The van der Waals surface area contributed by atoms with Crippen LogP contribution >= 0.6 is 12.4 Å². The average molecular weight is 367 g/mol. The zero-order valence-corrected chi connectivity index (χ0v) is 15.4. The van der Waals surface area contributed by atoms with Gasteiger partial charge in [-0.15, -0.1) is 12.4 Å². The first-order valence-corrected chi connectivity index (χ1v) is 7.95. The Morgan fingerprint density at radius 2 is 2.16 bits per heavy atom. The highest BCUT2D eigenvalue weighted by Crippen LogP contribution is 2.38. The Morgan fingerprint density at radius 1 is 1.44 bits per heavy atom. The second-order valence-corrected chi connectivity index (χ2v) is 5.99. The van der Waals surface area contributed by atoms with E-state index in [0.29, 0.717) is 48.6 Å². The molecular weight excluding hydrogens is 344 g/mol. The summed E-state index contributed by atoms with van der Waals surface area (Å²) in [5.41, 5.74) is 0.782. The number of nitrogens with zero attached hydrogens (tertiary/aromatic N) is 1. The first-order chi connectivity index (χ1) is 11.4. The van der Waals surface area contributed by atoms with Crippen molar-refractivity contribution < 1.29 is 19.4 Å². The maximum atomic E-state index is 11.4. The summed E-state index contributed by atoms with van der Waals surface area (Å²) in [5, 5.41) is 22.8. The summed E-state index contributed by atoms with van der Waals surface area (Å²) in [6, 6.07) is 7.16. The lowest BCUT2D eigenvalue weighted by Crippen LogP contribution is -2.37. The summed E-state index contributed by atoms with van der Waals surface area (Å²) >= 11 is 0. The Bertz CT molecular complexity index is 708. The second-order valence-electron chi connectivity index (χ2n) is 5.99. The van der Waals surface area contributed by atoms with Crippen molar-refractivity contribution in [2.75, 3.05) is 13.2 Å². The summed E-state index contributed by atoms with van der Waals surface area (Å²) in [4.78, 5) is 11.4. The van der Waals surface area contributed by atoms with E-state index < -0.39 is 5.60 Å². The molecule has 1 aliphatic heterocycles. The lowest BCUT2D eigenvalue weighted by atomic mass is 9.95. The number of nitrogens with one attached hydrogen (secondary N) is 1. The lowest BCUT2D eigenvalue weighted by molar-refractivity contribution is -0.143. The second kappa shape index (κ2) is 8.63. The molecule has 0 spiro atoms. The van der Waals surface area contributed by atoms with Crippen LogP contribution in [-0.4, -0.2) is 29.8 Å². The predicted octanol–water partition coefficient (Wildman–Crippen LogP) is 3.31. The number of hydrogen-bond acceptors (Lipinski definition) is 6. The molecule has 0 fully saturated rings. The number of halogens is 1. The number of aliphatic hydroxyl groups excluding tert-OH is 1. The number of esters is 1. The Balaban J connectivity index is 0.00000312. The molecule has 1 aromatic rings. The van der Waals surface area contributed by atoms with Crippen molar-refractivity contribution in [1.29, 1.82) is 5.26 Å². The zero-order valence-electron chi connectivity index (χ0n) is 14.6. The van der Waals surface area contributed by atoms with Crippen LogP contribution in [0.5, 0.6) is 5.75 Å². The van der Waals surface area contributed by atoms with Gasteiger partial charge in [-0.3, -0.25) is 4.79 Å². The number of ether oxygens (including phenoxy) is 2. The molecule has 0 unspecified atom stereocenters. The molecule has 25 heavy (non-hydrogen) atoms. The molecule has 2 rings (SSSR count). The van der Waals surface area contributed by atoms with Crippen LogP contribution in [0.4, 0.5) is 0 Å². The quantitative estimate of drug-likeness (QED) is 0.592. The van der Waals surface area contributed by atoms with Crippen molar-refractivity contribution in [3.63, 3.8) is 0 Å². The van der Waals surface area contributed by atoms with E-state index in [1.54, 1.807) is 39.0 Å². The van der Waals surface area contributed by atoms with Crippen molar-refractivity contribution in [2.24, 2.45) is 0 Å². The van der Waals surface area contributed by atoms with Crippen molar-refractivity contribution >= 4 is 24.1 Å². The Kier molecular flexibility index (Phi) is 7.13. The van der Waals surface area contributed by atoms with Gasteiger partial charge in [-0.2, -0.15) is 5.26 Å². The van der Waals surface area contributed by atoms with Crippen LogP contribution in [0, 0.1) is 11.3 Å². The maximum absolute atomic E-state index is 11.4. The van der Waals surface area contributed by atoms with Gasteiger partial charge in [-0.1, -0.05) is 0 Å². The van der Waals surface area contributed by atoms with E-state index in [2.05, 4.69) is 11.4 Å². The third-order valence-corrected chi connectivity index (χ3v) is 3.71. The number of benzene rings is 1. The highest BCUT2D eigenvalue weighted by atomic mass is 35.5. The van der Waals surface area contributed by atoms with Gasteiger partial charge in [-0.05, 0) is 45.4 Å². The van der Waals surface area contributed by atoms with Gasteiger partial charge in [0, 0.05) is 18.5 Å². The van der Waals surface area contributed by atoms with E-state index in [1.807, 2.05) is 0 Å². The van der Waals surface area contributed by atoms with Gasteiger partial charge in [0.05, 0.1) is 23.9 Å². The Labute approximate surface area is 153 Å². The molecule has 0 saturated carbocycles. The highest BCUT2D eigenvalue weighted by Gasteiger charge is 2.35. The standard InChI is InChI=1S/C18H22N2O4.ClH/c1-4-23-15(21)6-5-9-20-16-13-10-12(11-19)7-8-14(13)24-18(2,3)17(16)22;/h7-8,10,20,22H,4-6,9H2,1-3H3;1H. The van der Waals surface area contributed by atoms with E-state index in [1.165, 1.54) is 0 Å². The fraction of sp³-hybridized carbons (Fsp3) is 0.444. The van der Waals surface area contributed by atoms with E-state index >= 15 is 0 Å². The molecule has 2 N–H and O–H groups in total. The zero-order chi connectivity index (χ0) is 17.7. The van der Waals surface area contributed by atoms with Gasteiger partial charge in [0.25, 0.3) is 0 Å². The van der Waals surface area contributed by atoms with Crippen LogP contribution in [0.3, 0.4) is 0 Å². The summed E-state index contributed by atoms with van der Waals surface area (Å²) in [7, 11) is 0. The van der Waals surface area contributed by atoms with Gasteiger partial charge in [0.15, 0.2) is 11.4 Å².